The van der Waals surface area contributed by atoms with E-state index in [9.17, 15) is 20.1 Å². The molecule has 0 rings (SSSR count). The molecule has 0 amide bonds. The molecule has 0 aliphatic rings. The second kappa shape index (κ2) is 6.52. The van der Waals surface area contributed by atoms with E-state index < -0.39 is 36.6 Å². The second-order valence-corrected chi connectivity index (χ2v) is 2.98. The monoisotopic (exact) mass is 221 g/mol. The van der Waals surface area contributed by atoms with Crippen LogP contribution in [0.4, 0.5) is 0 Å². The minimum Gasteiger partial charge on any atom is -0.510 e. The van der Waals surface area contributed by atoms with Gasteiger partial charge in [-0.15, -0.1) is 0 Å². The van der Waals surface area contributed by atoms with E-state index in [1.54, 1.807) is 0 Å². The molecule has 0 heterocycles. The quantitative estimate of drug-likeness (QED) is 0.274. The van der Waals surface area contributed by atoms with E-state index >= 15 is 0 Å². The molecule has 1 unspecified atom stereocenters. The Morgan fingerprint density at radius 1 is 1.33 bits per heavy atom. The van der Waals surface area contributed by atoms with Crippen LogP contribution in [0.1, 0.15) is 14.7 Å². The van der Waals surface area contributed by atoms with Crippen molar-refractivity contribution < 1.29 is 31.7 Å². The van der Waals surface area contributed by atoms with Gasteiger partial charge in [-0.05, 0) is 12.5 Å². The van der Waals surface area contributed by atoms with Crippen molar-refractivity contribution in [2.75, 3.05) is 0 Å². The third kappa shape index (κ3) is 3.96. The van der Waals surface area contributed by atoms with Crippen molar-refractivity contribution in [3.05, 3.63) is 11.8 Å². The molecule has 0 radical (unpaired) electrons. The van der Waals surface area contributed by atoms with Crippen LogP contribution in [0.25, 0.3) is 0 Å². The lowest BCUT2D eigenvalue weighted by molar-refractivity contribution is -0.132. The molecule has 0 saturated carbocycles. The summed E-state index contributed by atoms with van der Waals surface area (Å²) in [5.41, 5.74) is 0. The number of hydrogen-bond donors (Lipinski definition) is 5. The van der Waals surface area contributed by atoms with Crippen LogP contribution in [0.15, 0.2) is 11.8 Å². The molecule has 0 aliphatic carbocycles. The van der Waals surface area contributed by atoms with Gasteiger partial charge in [-0.3, -0.25) is 0 Å². The molecule has 15 heavy (non-hydrogen) atoms. The number of rotatable bonds is 6. The van der Waals surface area contributed by atoms with Gasteiger partial charge in [-0.1, -0.05) is 6.92 Å². The van der Waals surface area contributed by atoms with Crippen LogP contribution < -0.4 is 0 Å². The first-order valence-corrected chi connectivity index (χ1v) is 4.31. The topological polar surface area (TPSA) is 118 Å². The smallest absolute Gasteiger partial charge is 0.151 e. The van der Waals surface area contributed by atoms with Gasteiger partial charge in [-0.25, -0.2) is 0 Å². The standard InChI is InChI=1S/C9H16O6/c1-2-3-5(11)7(13)9(15)8(14)6(12)4-10/h3-4,6-9,11-15H,2H2,1H3/t6-,7+,8+,9+/m0/s1/i2D/t2?,6-,7+,8+,9+. The molecule has 88 valence electrons. The van der Waals surface area contributed by atoms with Gasteiger partial charge in [0.2, 0.25) is 0 Å². The van der Waals surface area contributed by atoms with Gasteiger partial charge in [-0.2, -0.15) is 0 Å². The van der Waals surface area contributed by atoms with Gasteiger partial charge in [0, 0.05) is 1.37 Å². The predicted molar refractivity (Wildman–Crippen MR) is 51.1 cm³/mol. The molecule has 0 aromatic rings. The molecule has 0 bridgehead atoms. The Bertz CT molecular complexity index is 254. The molecule has 5 atom stereocenters. The summed E-state index contributed by atoms with van der Waals surface area (Å²) in [5, 5.41) is 45.9. The molecule has 0 fully saturated rings. The molecule has 0 aliphatic heterocycles. The number of carbonyl (C=O) groups excluding carboxylic acids is 1. The average Bonchev–Trinajstić information content (AvgIpc) is 2.23. The summed E-state index contributed by atoms with van der Waals surface area (Å²) in [5.74, 6) is -0.702. The Hall–Kier alpha value is -0.950. The van der Waals surface area contributed by atoms with Crippen molar-refractivity contribution in [1.82, 2.24) is 0 Å². The van der Waals surface area contributed by atoms with Crippen molar-refractivity contribution >= 4 is 6.29 Å². The van der Waals surface area contributed by atoms with Crippen molar-refractivity contribution in [3.8, 4) is 0 Å². The highest BCUT2D eigenvalue weighted by Gasteiger charge is 2.31. The SMILES string of the molecule is [2H]C(C)C=C(O)[C@@H](O)[C@@H](O)[C@H](O)[C@@H](O)C=O. The fraction of sp³-hybridized carbons (Fsp3) is 0.667. The number of aldehydes is 1. The molecule has 0 spiro atoms. The van der Waals surface area contributed by atoms with Crippen LogP contribution in [-0.2, 0) is 4.79 Å². The Balaban J connectivity index is 4.60. The van der Waals surface area contributed by atoms with Crippen LogP contribution in [-0.4, -0.2) is 56.2 Å². The molecule has 0 aromatic carbocycles. The summed E-state index contributed by atoms with van der Waals surface area (Å²) >= 11 is 0. The average molecular weight is 221 g/mol. The van der Waals surface area contributed by atoms with E-state index in [1.165, 1.54) is 6.92 Å². The molecule has 6 heteroatoms. The first-order valence-electron chi connectivity index (χ1n) is 4.89. The summed E-state index contributed by atoms with van der Waals surface area (Å²) in [7, 11) is 0. The number of aliphatic hydroxyl groups excluding tert-OH is 5. The fourth-order valence-electron chi connectivity index (χ4n) is 0.914. The van der Waals surface area contributed by atoms with E-state index in [2.05, 4.69) is 0 Å². The zero-order chi connectivity index (χ0) is 12.9. The number of carbonyl (C=O) groups is 1. The Morgan fingerprint density at radius 2 is 1.87 bits per heavy atom. The zero-order valence-corrected chi connectivity index (χ0v) is 8.19. The maximum Gasteiger partial charge on any atom is 0.151 e. The van der Waals surface area contributed by atoms with Crippen molar-refractivity contribution in [2.24, 2.45) is 0 Å². The number of allylic oxidation sites excluding steroid dienone is 1. The number of hydrogen-bond acceptors (Lipinski definition) is 6. The van der Waals surface area contributed by atoms with Crippen molar-refractivity contribution in [1.29, 1.82) is 0 Å². The molecule has 0 saturated heterocycles. The van der Waals surface area contributed by atoms with E-state index in [0.717, 1.165) is 6.08 Å². The van der Waals surface area contributed by atoms with Crippen molar-refractivity contribution in [3.63, 3.8) is 0 Å². The van der Waals surface area contributed by atoms with Crippen LogP contribution in [0, 0.1) is 0 Å². The largest absolute Gasteiger partial charge is 0.510 e. The highest BCUT2D eigenvalue weighted by molar-refractivity contribution is 5.56. The van der Waals surface area contributed by atoms with Gasteiger partial charge >= 0.3 is 0 Å². The van der Waals surface area contributed by atoms with Crippen LogP contribution >= 0.6 is 0 Å². The van der Waals surface area contributed by atoms with E-state index in [0.29, 0.717) is 0 Å². The summed E-state index contributed by atoms with van der Waals surface area (Å²) in [6.45, 7) is 1.41. The lowest BCUT2D eigenvalue weighted by Crippen LogP contribution is -2.45. The molecule has 5 N–H and O–H groups in total. The van der Waals surface area contributed by atoms with Gasteiger partial charge in [0.25, 0.3) is 0 Å². The Labute approximate surface area is 88.5 Å². The Kier molecular flexibility index (Phi) is 5.27. The zero-order valence-electron chi connectivity index (χ0n) is 9.19. The molecule has 0 aromatic heterocycles. The molecular weight excluding hydrogens is 204 g/mol. The molecular formula is C9H16O6. The van der Waals surface area contributed by atoms with E-state index in [4.69, 9.17) is 11.6 Å². The minimum atomic E-state index is -1.92. The van der Waals surface area contributed by atoms with Crippen LogP contribution in [0.2, 0.25) is 0 Å². The third-order valence-corrected chi connectivity index (χ3v) is 1.80. The van der Waals surface area contributed by atoms with Gasteiger partial charge < -0.3 is 30.3 Å². The van der Waals surface area contributed by atoms with Crippen LogP contribution in [0.3, 0.4) is 0 Å². The first-order chi connectivity index (χ1) is 7.31. The summed E-state index contributed by atoms with van der Waals surface area (Å²) in [6.07, 6.45) is -7.42. The second-order valence-electron chi connectivity index (χ2n) is 2.98. The van der Waals surface area contributed by atoms with Gasteiger partial charge in [0.05, 0.1) is 0 Å². The van der Waals surface area contributed by atoms with E-state index in [1.807, 2.05) is 0 Å². The highest BCUT2D eigenvalue weighted by atomic mass is 16.4. The lowest BCUT2D eigenvalue weighted by atomic mass is 10.0. The summed E-state index contributed by atoms with van der Waals surface area (Å²) < 4.78 is 7.07. The van der Waals surface area contributed by atoms with Gasteiger partial charge in [0.1, 0.15) is 30.2 Å². The third-order valence-electron chi connectivity index (χ3n) is 1.80. The summed E-state index contributed by atoms with van der Waals surface area (Å²) in [4.78, 5) is 10.1. The number of aliphatic hydroxyl groups is 5. The normalized spacial score (nSPS) is 23.5. The minimum absolute atomic E-state index is 0.00548. The molecule has 6 nitrogen and oxygen atoms in total. The predicted octanol–water partition coefficient (Wildman–Crippen LogP) is -1.52. The lowest BCUT2D eigenvalue weighted by Gasteiger charge is -2.23. The first kappa shape index (κ1) is 12.1. The Morgan fingerprint density at radius 3 is 2.27 bits per heavy atom. The fourth-order valence-corrected chi connectivity index (χ4v) is 0.914. The maximum atomic E-state index is 10.1. The highest BCUT2D eigenvalue weighted by Crippen LogP contribution is 2.10. The summed E-state index contributed by atoms with van der Waals surface area (Å²) in [6, 6.07) is 0. The van der Waals surface area contributed by atoms with Gasteiger partial charge in [0.15, 0.2) is 6.29 Å². The van der Waals surface area contributed by atoms with E-state index in [-0.39, 0.29) is 6.29 Å². The van der Waals surface area contributed by atoms with Crippen molar-refractivity contribution in [2.45, 2.75) is 37.7 Å². The van der Waals surface area contributed by atoms with Crippen LogP contribution in [0.5, 0.6) is 0 Å². The maximum absolute atomic E-state index is 10.1.